The topological polar surface area (TPSA) is 3.24 Å². The molecule has 0 saturated carbocycles. The summed E-state index contributed by atoms with van der Waals surface area (Å²) in [7, 11) is 0. The standard InChI is InChI=1S/C54H77N/c1-10-17-21-41(14-5)37-54(38-42(15-6)22-18-11-2)47-33-39(8)23-27-45(47)46-28-25-43(35-48(46)54)44-26-30-52-50(36-44)53(31-19-12-3,32-20-13-4)49-34-40(9)24-29-51(49)55(52)16-7/h23-30,33-36,41-42,46,48H,10-22,31-32,37-38H2,1-9H3. The van der Waals surface area contributed by atoms with Gasteiger partial charge in [-0.25, -0.2) is 0 Å². The van der Waals surface area contributed by atoms with E-state index in [4.69, 9.17) is 0 Å². The fraction of sp³-hybridized carbons (Fsp3) is 0.593. The summed E-state index contributed by atoms with van der Waals surface area (Å²) in [6.07, 6.45) is 28.6. The van der Waals surface area contributed by atoms with Gasteiger partial charge in [-0.2, -0.15) is 0 Å². The Balaban J connectivity index is 1.53. The second-order valence-electron chi connectivity index (χ2n) is 18.3. The molecule has 0 radical (unpaired) electrons. The summed E-state index contributed by atoms with van der Waals surface area (Å²) in [6.45, 7) is 22.4. The van der Waals surface area contributed by atoms with Crippen molar-refractivity contribution in [2.75, 3.05) is 11.4 Å². The molecular weight excluding hydrogens is 663 g/mol. The van der Waals surface area contributed by atoms with Crippen molar-refractivity contribution in [3.05, 3.63) is 112 Å². The average molecular weight is 740 g/mol. The number of hydrogen-bond donors (Lipinski definition) is 0. The molecule has 0 amide bonds. The minimum atomic E-state index is 0.0397. The monoisotopic (exact) mass is 740 g/mol. The summed E-state index contributed by atoms with van der Waals surface area (Å²) in [6, 6.07) is 22.6. The Hall–Kier alpha value is -3.06. The van der Waals surface area contributed by atoms with E-state index in [1.54, 1.807) is 22.3 Å². The third-order valence-corrected chi connectivity index (χ3v) is 14.7. The molecule has 298 valence electrons. The Kier molecular flexibility index (Phi) is 14.0. The van der Waals surface area contributed by atoms with E-state index in [-0.39, 0.29) is 10.8 Å². The van der Waals surface area contributed by atoms with Crippen LogP contribution >= 0.6 is 0 Å². The Morgan fingerprint density at radius 1 is 0.618 bits per heavy atom. The zero-order valence-electron chi connectivity index (χ0n) is 36.7. The zero-order valence-corrected chi connectivity index (χ0v) is 36.7. The molecule has 3 aromatic carbocycles. The van der Waals surface area contributed by atoms with Gasteiger partial charge in [0.2, 0.25) is 0 Å². The van der Waals surface area contributed by atoms with Crippen molar-refractivity contribution in [3.63, 3.8) is 0 Å². The minimum absolute atomic E-state index is 0.0397. The predicted molar refractivity (Wildman–Crippen MR) is 242 cm³/mol. The number of fused-ring (bicyclic) bond motifs is 5. The second kappa shape index (κ2) is 18.5. The highest BCUT2D eigenvalue weighted by Crippen LogP contribution is 2.61. The number of benzene rings is 3. The number of anilines is 2. The molecular formula is C54H77N. The van der Waals surface area contributed by atoms with Crippen LogP contribution in [0, 0.1) is 31.6 Å². The van der Waals surface area contributed by atoms with Crippen LogP contribution in [0.15, 0.2) is 72.8 Å². The normalized spacial score (nSPS) is 21.8. The molecule has 0 fully saturated rings. The lowest BCUT2D eigenvalue weighted by molar-refractivity contribution is 0.185. The smallest absolute Gasteiger partial charge is 0.0452 e. The Bertz CT molecular complexity index is 1760. The van der Waals surface area contributed by atoms with Crippen molar-refractivity contribution in [2.45, 2.75) is 182 Å². The summed E-state index contributed by atoms with van der Waals surface area (Å²) in [4.78, 5) is 2.62. The van der Waals surface area contributed by atoms with E-state index in [1.807, 2.05) is 0 Å². The first-order valence-corrected chi connectivity index (χ1v) is 23.3. The molecule has 4 unspecified atom stereocenters. The van der Waals surface area contributed by atoms with E-state index in [2.05, 4.69) is 140 Å². The van der Waals surface area contributed by atoms with Crippen LogP contribution < -0.4 is 4.90 Å². The first-order chi connectivity index (χ1) is 26.7. The maximum absolute atomic E-state index is 2.82. The van der Waals surface area contributed by atoms with Gasteiger partial charge >= 0.3 is 0 Å². The van der Waals surface area contributed by atoms with Crippen LogP contribution in [0.4, 0.5) is 11.4 Å². The van der Waals surface area contributed by atoms with Gasteiger partial charge in [-0.3, -0.25) is 0 Å². The highest BCUT2D eigenvalue weighted by molar-refractivity contribution is 5.84. The van der Waals surface area contributed by atoms with Crippen molar-refractivity contribution >= 4 is 16.9 Å². The highest BCUT2D eigenvalue weighted by atomic mass is 15.1. The summed E-state index contributed by atoms with van der Waals surface area (Å²) in [5.41, 5.74) is 15.3. The van der Waals surface area contributed by atoms with E-state index >= 15 is 0 Å². The number of rotatable bonds is 20. The van der Waals surface area contributed by atoms with E-state index in [0.29, 0.717) is 11.8 Å². The van der Waals surface area contributed by atoms with Crippen LogP contribution in [0.1, 0.15) is 196 Å². The molecule has 0 saturated heterocycles. The molecule has 0 bridgehead atoms. The van der Waals surface area contributed by atoms with Gasteiger partial charge in [-0.15, -0.1) is 0 Å². The molecule has 55 heavy (non-hydrogen) atoms. The molecule has 0 spiro atoms. The quantitative estimate of drug-likeness (QED) is 0.112. The molecule has 4 atom stereocenters. The van der Waals surface area contributed by atoms with Crippen molar-refractivity contribution in [2.24, 2.45) is 17.8 Å². The first kappa shape index (κ1) is 41.6. The molecule has 1 aliphatic heterocycles. The Labute approximate surface area is 338 Å². The van der Waals surface area contributed by atoms with Gasteiger partial charge in [-0.1, -0.05) is 184 Å². The Morgan fingerprint density at radius 3 is 1.73 bits per heavy atom. The molecule has 3 aliphatic rings. The van der Waals surface area contributed by atoms with E-state index in [9.17, 15) is 0 Å². The van der Waals surface area contributed by atoms with Gasteiger partial charge in [0.25, 0.3) is 0 Å². The van der Waals surface area contributed by atoms with E-state index < -0.39 is 0 Å². The van der Waals surface area contributed by atoms with E-state index in [0.717, 1.165) is 18.4 Å². The SMILES string of the molecule is CCCCC(CC)CC1(CC(CC)CCCC)c2cc(C)ccc2C2C=CC(c3ccc4c(c3)C(CCCC)(CCCC)c3cc(C)ccc3N4CC)=CC21. The molecule has 0 N–H and O–H groups in total. The van der Waals surface area contributed by atoms with Gasteiger partial charge in [0.1, 0.15) is 0 Å². The lowest BCUT2D eigenvalue weighted by Gasteiger charge is -2.46. The highest BCUT2D eigenvalue weighted by Gasteiger charge is 2.52. The second-order valence-corrected chi connectivity index (χ2v) is 18.3. The van der Waals surface area contributed by atoms with Crippen molar-refractivity contribution in [3.8, 4) is 0 Å². The number of aryl methyl sites for hydroxylation is 2. The fourth-order valence-corrected chi connectivity index (χ4v) is 11.6. The lowest BCUT2D eigenvalue weighted by atomic mass is 9.60. The van der Waals surface area contributed by atoms with E-state index in [1.165, 1.54) is 136 Å². The van der Waals surface area contributed by atoms with Crippen molar-refractivity contribution in [1.82, 2.24) is 0 Å². The Morgan fingerprint density at radius 2 is 1.16 bits per heavy atom. The van der Waals surface area contributed by atoms with Crippen molar-refractivity contribution < 1.29 is 0 Å². The predicted octanol–water partition coefficient (Wildman–Crippen LogP) is 16.3. The average Bonchev–Trinajstić information content (AvgIpc) is 3.46. The minimum Gasteiger partial charge on any atom is -0.341 e. The first-order valence-electron chi connectivity index (χ1n) is 23.3. The van der Waals surface area contributed by atoms with Gasteiger partial charge in [0.05, 0.1) is 0 Å². The lowest BCUT2D eigenvalue weighted by Crippen LogP contribution is -2.38. The molecule has 1 heteroatoms. The van der Waals surface area contributed by atoms with Gasteiger partial charge in [0.15, 0.2) is 0 Å². The summed E-state index contributed by atoms with van der Waals surface area (Å²) < 4.78 is 0. The third kappa shape index (κ3) is 8.07. The molecule has 2 aliphatic carbocycles. The van der Waals surface area contributed by atoms with Gasteiger partial charge in [0, 0.05) is 34.7 Å². The third-order valence-electron chi connectivity index (χ3n) is 14.7. The summed E-state index contributed by atoms with van der Waals surface area (Å²) in [5.74, 6) is 2.49. The number of nitrogens with zero attached hydrogens (tertiary/aromatic N) is 1. The van der Waals surface area contributed by atoms with Crippen LogP contribution in [-0.2, 0) is 10.8 Å². The zero-order chi connectivity index (χ0) is 39.2. The largest absolute Gasteiger partial charge is 0.341 e. The fourth-order valence-electron chi connectivity index (χ4n) is 11.6. The van der Waals surface area contributed by atoms with Crippen molar-refractivity contribution in [1.29, 1.82) is 0 Å². The van der Waals surface area contributed by atoms with Gasteiger partial charge in [-0.05, 0) is 116 Å². The maximum atomic E-state index is 2.82. The molecule has 1 nitrogen and oxygen atoms in total. The molecule has 1 heterocycles. The summed E-state index contributed by atoms with van der Waals surface area (Å²) >= 11 is 0. The number of unbranched alkanes of at least 4 members (excludes halogenated alkanes) is 4. The van der Waals surface area contributed by atoms with Crippen LogP contribution in [0.2, 0.25) is 0 Å². The molecule has 3 aromatic rings. The van der Waals surface area contributed by atoms with Crippen LogP contribution in [0.5, 0.6) is 0 Å². The van der Waals surface area contributed by atoms with Crippen LogP contribution in [0.25, 0.3) is 5.57 Å². The van der Waals surface area contributed by atoms with Gasteiger partial charge < -0.3 is 4.90 Å². The number of allylic oxidation sites excluding steroid dienone is 4. The summed E-state index contributed by atoms with van der Waals surface area (Å²) in [5, 5.41) is 0. The van der Waals surface area contributed by atoms with Crippen LogP contribution in [-0.4, -0.2) is 6.54 Å². The molecule has 0 aromatic heterocycles. The van der Waals surface area contributed by atoms with Crippen LogP contribution in [0.3, 0.4) is 0 Å². The number of hydrogen-bond acceptors (Lipinski definition) is 1. The molecule has 6 rings (SSSR count). The maximum Gasteiger partial charge on any atom is 0.0452 e.